The fourth-order valence-corrected chi connectivity index (χ4v) is 5.14. The number of benzene rings is 2. The second-order valence-electron chi connectivity index (χ2n) is 9.24. The van der Waals surface area contributed by atoms with E-state index in [9.17, 15) is 9.59 Å². The zero-order valence-electron chi connectivity index (χ0n) is 21.4. The Balaban J connectivity index is 1.39. The molecule has 1 atom stereocenters. The monoisotopic (exact) mass is 545 g/mol. The van der Waals surface area contributed by atoms with E-state index in [4.69, 9.17) is 27.2 Å². The zero-order valence-corrected chi connectivity index (χ0v) is 22.2. The molecule has 0 unspecified atom stereocenters. The highest BCUT2D eigenvalue weighted by Crippen LogP contribution is 2.34. The van der Waals surface area contributed by atoms with Crippen LogP contribution in [-0.2, 0) is 11.3 Å². The number of nitrogen functional groups attached to an aromatic ring is 1. The molecule has 2 amide bonds. The first-order chi connectivity index (χ1) is 18.9. The van der Waals surface area contributed by atoms with Crippen molar-refractivity contribution >= 4 is 40.3 Å². The summed E-state index contributed by atoms with van der Waals surface area (Å²) >= 11 is 6.15. The quantitative estimate of drug-likeness (QED) is 0.336. The molecule has 39 heavy (non-hydrogen) atoms. The summed E-state index contributed by atoms with van der Waals surface area (Å²) in [6, 6.07) is 12.7. The molecule has 1 fully saturated rings. The number of methoxy groups -OCH3 is 1. The van der Waals surface area contributed by atoms with Crippen molar-refractivity contribution in [1.29, 1.82) is 0 Å². The first kappa shape index (κ1) is 26.2. The minimum atomic E-state index is -0.287. The van der Waals surface area contributed by atoms with Gasteiger partial charge in [-0.25, -0.2) is 14.6 Å². The molecule has 10 nitrogen and oxygen atoms in total. The first-order valence-corrected chi connectivity index (χ1v) is 12.9. The Bertz CT molecular complexity index is 1550. The molecule has 2 aromatic carbocycles. The molecule has 5 rings (SSSR count). The number of rotatable bonds is 7. The van der Waals surface area contributed by atoms with Crippen LogP contribution >= 0.6 is 11.6 Å². The number of hydrogen-bond acceptors (Lipinski definition) is 7. The highest BCUT2D eigenvalue weighted by molar-refractivity contribution is 6.32. The van der Waals surface area contributed by atoms with Crippen molar-refractivity contribution in [2.24, 2.45) is 0 Å². The van der Waals surface area contributed by atoms with E-state index in [1.807, 2.05) is 28.9 Å². The molecule has 11 heteroatoms. The lowest BCUT2D eigenvalue weighted by molar-refractivity contribution is -0.127. The number of nitrogens with two attached hydrogens (primary N) is 1. The smallest absolute Gasteiger partial charge is 0.255 e. The van der Waals surface area contributed by atoms with E-state index in [1.54, 1.807) is 23.1 Å². The van der Waals surface area contributed by atoms with Gasteiger partial charge in [0.15, 0.2) is 5.65 Å². The van der Waals surface area contributed by atoms with Crippen LogP contribution in [0.5, 0.6) is 5.75 Å². The number of carbonyl (C=O) groups excluding carboxylic acids is 2. The van der Waals surface area contributed by atoms with Crippen LogP contribution in [0.1, 0.15) is 34.8 Å². The standard InChI is InChI=1S/C28H28ClN7O3/c1-3-22(37)35-13-5-6-19(15-35)36-27-23(26(30)32-16-33-27)24(34-36)18-11-9-17(10-12-18)14-31-28(38)20-7-4-8-21(29)25(20)39-2/h3-4,7-12,16,19H,1,5-6,13-15H2,2H3,(H,31,38)(H2,30,32,33)/t19-/m1/s1. The molecule has 1 saturated heterocycles. The van der Waals surface area contributed by atoms with E-state index < -0.39 is 0 Å². The summed E-state index contributed by atoms with van der Waals surface area (Å²) in [5.41, 5.74) is 9.67. The van der Waals surface area contributed by atoms with Gasteiger partial charge in [-0.05, 0) is 36.6 Å². The fourth-order valence-electron chi connectivity index (χ4n) is 4.89. The molecule has 0 saturated carbocycles. The van der Waals surface area contributed by atoms with Crippen LogP contribution in [0.15, 0.2) is 61.4 Å². The van der Waals surface area contributed by atoms with E-state index >= 15 is 0 Å². The Morgan fingerprint density at radius 2 is 2.03 bits per heavy atom. The van der Waals surface area contributed by atoms with Crippen molar-refractivity contribution in [1.82, 2.24) is 30.0 Å². The number of aromatic nitrogens is 4. The Morgan fingerprint density at radius 1 is 1.23 bits per heavy atom. The number of amides is 2. The Hall–Kier alpha value is -4.44. The molecule has 2 aromatic heterocycles. The zero-order chi connectivity index (χ0) is 27.5. The van der Waals surface area contributed by atoms with Crippen LogP contribution in [0.2, 0.25) is 5.02 Å². The Kier molecular flexibility index (Phi) is 7.47. The van der Waals surface area contributed by atoms with Gasteiger partial charge in [0.05, 0.1) is 29.1 Å². The van der Waals surface area contributed by atoms with Crippen molar-refractivity contribution in [2.75, 3.05) is 25.9 Å². The van der Waals surface area contributed by atoms with Crippen molar-refractivity contribution in [3.05, 3.63) is 77.6 Å². The molecule has 0 bridgehead atoms. The van der Waals surface area contributed by atoms with Gasteiger partial charge in [0.25, 0.3) is 5.91 Å². The van der Waals surface area contributed by atoms with Gasteiger partial charge in [-0.15, -0.1) is 0 Å². The third-order valence-electron chi connectivity index (χ3n) is 6.84. The molecule has 200 valence electrons. The second-order valence-corrected chi connectivity index (χ2v) is 9.64. The lowest BCUT2D eigenvalue weighted by Crippen LogP contribution is -2.40. The summed E-state index contributed by atoms with van der Waals surface area (Å²) in [6.45, 7) is 5.12. The number of fused-ring (bicyclic) bond motifs is 1. The van der Waals surface area contributed by atoms with Gasteiger partial charge in [0, 0.05) is 25.2 Å². The first-order valence-electron chi connectivity index (χ1n) is 12.5. The number of piperidine rings is 1. The van der Waals surface area contributed by atoms with Crippen LogP contribution in [0, 0.1) is 0 Å². The van der Waals surface area contributed by atoms with E-state index in [2.05, 4.69) is 21.9 Å². The highest BCUT2D eigenvalue weighted by Gasteiger charge is 2.28. The number of hydrogen-bond donors (Lipinski definition) is 2. The molecular weight excluding hydrogens is 518 g/mol. The lowest BCUT2D eigenvalue weighted by Gasteiger charge is -2.32. The summed E-state index contributed by atoms with van der Waals surface area (Å²) in [4.78, 5) is 35.4. The highest BCUT2D eigenvalue weighted by atomic mass is 35.5. The van der Waals surface area contributed by atoms with Crippen molar-refractivity contribution in [3.8, 4) is 17.0 Å². The molecule has 0 spiro atoms. The van der Waals surface area contributed by atoms with Crippen LogP contribution in [-0.4, -0.2) is 56.7 Å². The maximum Gasteiger partial charge on any atom is 0.255 e. The molecule has 4 aromatic rings. The molecule has 0 aliphatic carbocycles. The minimum Gasteiger partial charge on any atom is -0.494 e. The number of anilines is 1. The summed E-state index contributed by atoms with van der Waals surface area (Å²) < 4.78 is 7.14. The summed E-state index contributed by atoms with van der Waals surface area (Å²) in [6.07, 6.45) is 4.47. The summed E-state index contributed by atoms with van der Waals surface area (Å²) in [5.74, 6) is 0.290. The van der Waals surface area contributed by atoms with E-state index in [0.29, 0.717) is 58.5 Å². The van der Waals surface area contributed by atoms with Gasteiger partial charge < -0.3 is 20.7 Å². The molecular formula is C28H28ClN7O3. The van der Waals surface area contributed by atoms with Crippen LogP contribution < -0.4 is 15.8 Å². The predicted molar refractivity (Wildman–Crippen MR) is 149 cm³/mol. The second kappa shape index (κ2) is 11.1. The molecule has 1 aliphatic heterocycles. The maximum atomic E-state index is 12.7. The number of para-hydroxylation sites is 1. The SMILES string of the molecule is C=CC(=O)N1CCC[C@@H](n2nc(-c3ccc(CNC(=O)c4cccc(Cl)c4OC)cc3)c3c(N)ncnc32)C1. The van der Waals surface area contributed by atoms with Gasteiger partial charge in [-0.2, -0.15) is 5.10 Å². The Labute approximate surface area is 230 Å². The van der Waals surface area contributed by atoms with Gasteiger partial charge in [0.1, 0.15) is 23.6 Å². The maximum absolute atomic E-state index is 12.7. The average molecular weight is 546 g/mol. The van der Waals surface area contributed by atoms with Gasteiger partial charge in [0.2, 0.25) is 5.91 Å². The molecule has 3 N–H and O–H groups in total. The van der Waals surface area contributed by atoms with Crippen molar-refractivity contribution in [2.45, 2.75) is 25.4 Å². The van der Waals surface area contributed by atoms with E-state index in [0.717, 1.165) is 24.0 Å². The lowest BCUT2D eigenvalue weighted by atomic mass is 10.1. The number of likely N-dealkylation sites (tertiary alicyclic amines) is 1. The molecule has 3 heterocycles. The molecule has 0 radical (unpaired) electrons. The average Bonchev–Trinajstić information content (AvgIpc) is 3.36. The van der Waals surface area contributed by atoms with Gasteiger partial charge in [-0.3, -0.25) is 9.59 Å². The topological polar surface area (TPSA) is 128 Å². The van der Waals surface area contributed by atoms with E-state index in [-0.39, 0.29) is 17.9 Å². The third kappa shape index (κ3) is 5.15. The minimum absolute atomic E-state index is 0.0498. The number of halogens is 1. The van der Waals surface area contributed by atoms with Crippen LogP contribution in [0.25, 0.3) is 22.3 Å². The van der Waals surface area contributed by atoms with Crippen molar-refractivity contribution < 1.29 is 14.3 Å². The van der Waals surface area contributed by atoms with Crippen LogP contribution in [0.4, 0.5) is 5.82 Å². The number of ether oxygens (including phenoxy) is 1. The van der Waals surface area contributed by atoms with E-state index in [1.165, 1.54) is 19.5 Å². The third-order valence-corrected chi connectivity index (χ3v) is 7.14. The number of nitrogens with zero attached hydrogens (tertiary/aromatic N) is 5. The Morgan fingerprint density at radius 3 is 2.77 bits per heavy atom. The summed E-state index contributed by atoms with van der Waals surface area (Å²) in [5, 5.41) is 8.85. The predicted octanol–water partition coefficient (Wildman–Crippen LogP) is 4.02. The van der Waals surface area contributed by atoms with Crippen LogP contribution in [0.3, 0.4) is 0 Å². The van der Waals surface area contributed by atoms with Gasteiger partial charge >= 0.3 is 0 Å². The normalized spacial score (nSPS) is 15.2. The molecule has 1 aliphatic rings. The van der Waals surface area contributed by atoms with Gasteiger partial charge in [-0.1, -0.05) is 48.5 Å². The largest absolute Gasteiger partial charge is 0.494 e. The van der Waals surface area contributed by atoms with Crippen molar-refractivity contribution in [3.63, 3.8) is 0 Å². The number of nitrogens with one attached hydrogen (secondary N) is 1. The number of carbonyl (C=O) groups is 2. The fraction of sp³-hybridized carbons (Fsp3) is 0.250. The summed E-state index contributed by atoms with van der Waals surface area (Å²) in [7, 11) is 1.48.